The Morgan fingerprint density at radius 1 is 1.04 bits per heavy atom. The van der Waals surface area contributed by atoms with Gasteiger partial charge in [0.05, 0.1) is 5.69 Å². The number of nitrogens with zero attached hydrogens (tertiary/aromatic N) is 5. The summed E-state index contributed by atoms with van der Waals surface area (Å²) >= 11 is 0. The maximum Gasteiger partial charge on any atom is 0.272 e. The standard InChI is InChI=1S/C20H22N6O2/c1-13-11-14(2)22-20(21-13)26-9-7-25(8-10-26)19(28)17-12-16(23-24-17)15-5-3-4-6-18(15)27/h3-6,11-12,27H,7-10H2,1-2H3,(H,23,24). The minimum absolute atomic E-state index is 0.102. The Hall–Kier alpha value is -3.42. The Morgan fingerprint density at radius 3 is 2.39 bits per heavy atom. The summed E-state index contributed by atoms with van der Waals surface area (Å²) in [5.74, 6) is 0.748. The topological polar surface area (TPSA) is 98.2 Å². The Kier molecular flexibility index (Phi) is 4.68. The molecule has 0 bridgehead atoms. The van der Waals surface area contributed by atoms with Crippen LogP contribution in [0.2, 0.25) is 0 Å². The summed E-state index contributed by atoms with van der Waals surface area (Å²) in [6, 6.07) is 10.6. The summed E-state index contributed by atoms with van der Waals surface area (Å²) < 4.78 is 0. The van der Waals surface area contributed by atoms with Crippen molar-refractivity contribution >= 4 is 11.9 Å². The Morgan fingerprint density at radius 2 is 1.71 bits per heavy atom. The average molecular weight is 378 g/mol. The first-order chi connectivity index (χ1) is 13.5. The lowest BCUT2D eigenvalue weighted by Gasteiger charge is -2.34. The van der Waals surface area contributed by atoms with E-state index < -0.39 is 0 Å². The molecule has 3 aromatic rings. The van der Waals surface area contributed by atoms with Crippen LogP contribution >= 0.6 is 0 Å². The van der Waals surface area contributed by atoms with Crippen molar-refractivity contribution < 1.29 is 9.90 Å². The number of amides is 1. The van der Waals surface area contributed by atoms with Gasteiger partial charge in [-0.2, -0.15) is 5.10 Å². The van der Waals surface area contributed by atoms with E-state index in [9.17, 15) is 9.90 Å². The number of phenolic OH excluding ortho intramolecular Hbond substituents is 1. The van der Waals surface area contributed by atoms with Crippen LogP contribution in [0.1, 0.15) is 21.9 Å². The molecule has 1 fully saturated rings. The van der Waals surface area contributed by atoms with Crippen LogP contribution in [0.4, 0.5) is 5.95 Å². The fourth-order valence-electron chi connectivity index (χ4n) is 3.39. The number of aromatic hydroxyl groups is 1. The highest BCUT2D eigenvalue weighted by molar-refractivity contribution is 5.93. The smallest absolute Gasteiger partial charge is 0.272 e. The first-order valence-corrected chi connectivity index (χ1v) is 9.21. The fraction of sp³-hybridized carbons (Fsp3) is 0.300. The summed E-state index contributed by atoms with van der Waals surface area (Å²) in [4.78, 5) is 25.7. The monoisotopic (exact) mass is 378 g/mol. The predicted molar refractivity (Wildman–Crippen MR) is 105 cm³/mol. The lowest BCUT2D eigenvalue weighted by molar-refractivity contribution is 0.0740. The second-order valence-electron chi connectivity index (χ2n) is 6.91. The molecule has 1 amide bonds. The van der Waals surface area contributed by atoms with Crippen molar-refractivity contribution in [2.45, 2.75) is 13.8 Å². The van der Waals surface area contributed by atoms with Gasteiger partial charge < -0.3 is 14.9 Å². The Labute approximate surface area is 162 Å². The molecule has 1 saturated heterocycles. The van der Waals surface area contributed by atoms with E-state index in [0.717, 1.165) is 11.4 Å². The van der Waals surface area contributed by atoms with Gasteiger partial charge in [0.25, 0.3) is 5.91 Å². The number of nitrogens with one attached hydrogen (secondary N) is 1. The number of rotatable bonds is 3. The second-order valence-corrected chi connectivity index (χ2v) is 6.91. The zero-order valence-corrected chi connectivity index (χ0v) is 15.9. The molecule has 2 N–H and O–H groups in total. The maximum atomic E-state index is 12.8. The molecule has 8 nitrogen and oxygen atoms in total. The molecular weight excluding hydrogens is 356 g/mol. The van der Waals surface area contributed by atoms with Crippen LogP contribution in [-0.4, -0.2) is 62.3 Å². The van der Waals surface area contributed by atoms with E-state index in [1.807, 2.05) is 26.0 Å². The van der Waals surface area contributed by atoms with Crippen LogP contribution in [0.3, 0.4) is 0 Å². The first kappa shape index (κ1) is 18.0. The van der Waals surface area contributed by atoms with Gasteiger partial charge >= 0.3 is 0 Å². The number of hydrogen-bond donors (Lipinski definition) is 2. The van der Waals surface area contributed by atoms with Gasteiger partial charge in [0.1, 0.15) is 11.4 Å². The quantitative estimate of drug-likeness (QED) is 0.725. The second kappa shape index (κ2) is 7.30. The lowest BCUT2D eigenvalue weighted by Crippen LogP contribution is -2.49. The van der Waals surface area contributed by atoms with Gasteiger partial charge in [-0.25, -0.2) is 9.97 Å². The van der Waals surface area contributed by atoms with E-state index in [1.54, 1.807) is 29.2 Å². The van der Waals surface area contributed by atoms with E-state index in [-0.39, 0.29) is 11.7 Å². The zero-order valence-electron chi connectivity index (χ0n) is 15.9. The predicted octanol–water partition coefficient (Wildman–Crippen LogP) is 2.15. The number of carbonyl (C=O) groups is 1. The number of para-hydroxylation sites is 1. The summed E-state index contributed by atoms with van der Waals surface area (Å²) in [7, 11) is 0. The number of piperazine rings is 1. The average Bonchev–Trinajstić information content (AvgIpc) is 3.17. The van der Waals surface area contributed by atoms with E-state index in [0.29, 0.717) is 49.1 Å². The first-order valence-electron chi connectivity index (χ1n) is 9.21. The molecule has 2 aromatic heterocycles. The van der Waals surface area contributed by atoms with Crippen molar-refractivity contribution in [2.24, 2.45) is 0 Å². The number of aryl methyl sites for hydroxylation is 2. The summed E-state index contributed by atoms with van der Waals surface area (Å²) in [5.41, 5.74) is 3.43. The van der Waals surface area contributed by atoms with Crippen molar-refractivity contribution in [3.05, 3.63) is 53.5 Å². The largest absolute Gasteiger partial charge is 0.507 e. The normalized spacial score (nSPS) is 14.4. The van der Waals surface area contributed by atoms with Crippen LogP contribution in [0.25, 0.3) is 11.3 Å². The minimum Gasteiger partial charge on any atom is -0.507 e. The van der Waals surface area contributed by atoms with Crippen molar-refractivity contribution in [1.29, 1.82) is 0 Å². The van der Waals surface area contributed by atoms with E-state index in [2.05, 4.69) is 25.1 Å². The highest BCUT2D eigenvalue weighted by Crippen LogP contribution is 2.27. The maximum absolute atomic E-state index is 12.8. The summed E-state index contributed by atoms with van der Waals surface area (Å²) in [6.07, 6.45) is 0. The molecule has 28 heavy (non-hydrogen) atoms. The molecule has 144 valence electrons. The third kappa shape index (κ3) is 3.53. The Balaban J connectivity index is 1.44. The molecule has 0 spiro atoms. The zero-order chi connectivity index (χ0) is 19.7. The van der Waals surface area contributed by atoms with Gasteiger partial charge in [-0.3, -0.25) is 9.89 Å². The number of anilines is 1. The molecular formula is C20H22N6O2. The van der Waals surface area contributed by atoms with Gasteiger partial charge in [-0.1, -0.05) is 12.1 Å². The SMILES string of the molecule is Cc1cc(C)nc(N2CCN(C(=O)c3cc(-c4ccccc4O)n[nH]3)CC2)n1. The minimum atomic E-state index is -0.102. The molecule has 0 radical (unpaired) electrons. The number of aromatic amines is 1. The molecule has 1 aromatic carbocycles. The van der Waals surface area contributed by atoms with Crippen LogP contribution in [0, 0.1) is 13.8 Å². The lowest BCUT2D eigenvalue weighted by atomic mass is 10.1. The van der Waals surface area contributed by atoms with Crippen LogP contribution in [0.15, 0.2) is 36.4 Å². The Bertz CT molecular complexity index is 987. The number of phenols is 1. The van der Waals surface area contributed by atoms with Crippen LogP contribution in [-0.2, 0) is 0 Å². The third-order valence-electron chi connectivity index (χ3n) is 4.81. The highest BCUT2D eigenvalue weighted by Gasteiger charge is 2.25. The van der Waals surface area contributed by atoms with E-state index in [1.165, 1.54) is 0 Å². The van der Waals surface area contributed by atoms with Gasteiger partial charge in [0.2, 0.25) is 5.95 Å². The van der Waals surface area contributed by atoms with Crippen molar-refractivity contribution in [3.8, 4) is 17.0 Å². The fourth-order valence-corrected chi connectivity index (χ4v) is 3.39. The number of benzene rings is 1. The van der Waals surface area contributed by atoms with Crippen LogP contribution in [0.5, 0.6) is 5.75 Å². The number of H-pyrrole nitrogens is 1. The molecule has 0 aliphatic carbocycles. The number of aromatic nitrogens is 4. The van der Waals surface area contributed by atoms with E-state index >= 15 is 0 Å². The van der Waals surface area contributed by atoms with Gasteiger partial charge in [-0.05, 0) is 38.1 Å². The van der Waals surface area contributed by atoms with Gasteiger partial charge in [-0.15, -0.1) is 0 Å². The number of carbonyl (C=O) groups excluding carboxylic acids is 1. The number of hydrogen-bond acceptors (Lipinski definition) is 6. The molecule has 1 aliphatic rings. The van der Waals surface area contributed by atoms with Crippen LogP contribution < -0.4 is 4.90 Å². The summed E-state index contributed by atoms with van der Waals surface area (Å²) in [5, 5.41) is 16.9. The highest BCUT2D eigenvalue weighted by atomic mass is 16.3. The molecule has 8 heteroatoms. The van der Waals surface area contributed by atoms with E-state index in [4.69, 9.17) is 0 Å². The molecule has 0 saturated carbocycles. The van der Waals surface area contributed by atoms with Gasteiger partial charge in [0.15, 0.2) is 0 Å². The third-order valence-corrected chi connectivity index (χ3v) is 4.81. The molecule has 1 aliphatic heterocycles. The summed E-state index contributed by atoms with van der Waals surface area (Å²) in [6.45, 7) is 6.43. The molecule has 3 heterocycles. The molecule has 4 rings (SSSR count). The molecule has 0 atom stereocenters. The van der Waals surface area contributed by atoms with Gasteiger partial charge in [0, 0.05) is 43.1 Å². The van der Waals surface area contributed by atoms with Crippen molar-refractivity contribution in [2.75, 3.05) is 31.1 Å². The van der Waals surface area contributed by atoms with Crippen molar-refractivity contribution in [3.63, 3.8) is 0 Å². The molecule has 0 unspecified atom stereocenters. The van der Waals surface area contributed by atoms with Crippen molar-refractivity contribution in [1.82, 2.24) is 25.1 Å².